The van der Waals surface area contributed by atoms with Gasteiger partial charge in [-0.3, -0.25) is 9.78 Å². The van der Waals surface area contributed by atoms with E-state index in [2.05, 4.69) is 24.9 Å². The number of nitrogens with one attached hydrogen (secondary N) is 3. The lowest BCUT2D eigenvalue weighted by Crippen LogP contribution is -2.14. The molecule has 0 amide bonds. The molecule has 0 unspecified atom stereocenters. The average Bonchev–Trinajstić information content (AvgIpc) is 2.66. The first kappa shape index (κ1) is 7.92. The van der Waals surface area contributed by atoms with Crippen LogP contribution < -0.4 is 11.2 Å². The molecule has 7 nitrogen and oxygen atoms in total. The van der Waals surface area contributed by atoms with Gasteiger partial charge in [-0.2, -0.15) is 0 Å². The lowest BCUT2D eigenvalue weighted by atomic mass is 10.3. The van der Waals surface area contributed by atoms with E-state index in [-0.39, 0.29) is 5.56 Å². The summed E-state index contributed by atoms with van der Waals surface area (Å²) in [5.74, 6) is 0. The van der Waals surface area contributed by atoms with E-state index in [1.54, 1.807) is 0 Å². The minimum Gasteiger partial charge on any atom is -0.340 e. The van der Waals surface area contributed by atoms with E-state index in [0.29, 0.717) is 22.1 Å². The summed E-state index contributed by atoms with van der Waals surface area (Å²) in [5, 5.41) is 0.602. The summed E-state index contributed by atoms with van der Waals surface area (Å²) >= 11 is 0. The molecule has 0 saturated heterocycles. The van der Waals surface area contributed by atoms with Gasteiger partial charge in [0.2, 0.25) is 0 Å². The number of fused-ring (bicyclic) bond motifs is 3. The topological polar surface area (TPSA) is 107 Å². The largest absolute Gasteiger partial charge is 0.346 e. The van der Waals surface area contributed by atoms with Crippen LogP contribution in [0, 0.1) is 0 Å². The minimum atomic E-state index is -0.506. The molecular formula is C8H5N5O2. The summed E-state index contributed by atoms with van der Waals surface area (Å²) in [6.45, 7) is 0. The average molecular weight is 203 g/mol. The van der Waals surface area contributed by atoms with Crippen LogP contribution in [0.1, 0.15) is 0 Å². The lowest BCUT2D eigenvalue weighted by molar-refractivity contribution is 1.09. The third kappa shape index (κ3) is 0.997. The molecule has 3 N–H and O–H groups in total. The second-order valence-corrected chi connectivity index (χ2v) is 3.06. The van der Waals surface area contributed by atoms with Gasteiger partial charge in [0.15, 0.2) is 0 Å². The van der Waals surface area contributed by atoms with Gasteiger partial charge in [0.1, 0.15) is 16.7 Å². The molecule has 0 bridgehead atoms. The lowest BCUT2D eigenvalue weighted by Gasteiger charge is -1.96. The predicted octanol–water partition coefficient (Wildman–Crippen LogP) is -0.512. The minimum absolute atomic E-state index is 0.322. The normalized spacial score (nSPS) is 11.2. The maximum absolute atomic E-state index is 11.5. The highest BCUT2D eigenvalue weighted by Crippen LogP contribution is 2.13. The number of imidazole rings is 1. The summed E-state index contributed by atoms with van der Waals surface area (Å²) in [6.07, 6.45) is 2.80. The highest BCUT2D eigenvalue weighted by molar-refractivity contribution is 5.99. The quantitative estimate of drug-likeness (QED) is 0.457. The van der Waals surface area contributed by atoms with Gasteiger partial charge in [0, 0.05) is 6.20 Å². The number of aromatic nitrogens is 5. The Morgan fingerprint density at radius 2 is 2.00 bits per heavy atom. The molecule has 0 spiro atoms. The van der Waals surface area contributed by atoms with Crippen LogP contribution in [0.15, 0.2) is 22.1 Å². The number of aromatic amines is 3. The van der Waals surface area contributed by atoms with Gasteiger partial charge in [-0.25, -0.2) is 14.8 Å². The highest BCUT2D eigenvalue weighted by atomic mass is 16.1. The van der Waals surface area contributed by atoms with Crippen molar-refractivity contribution >= 4 is 22.1 Å². The van der Waals surface area contributed by atoms with E-state index in [9.17, 15) is 9.59 Å². The number of hydrogen-bond donors (Lipinski definition) is 3. The number of pyridine rings is 1. The first-order chi connectivity index (χ1) is 7.25. The fourth-order valence-electron chi connectivity index (χ4n) is 1.52. The van der Waals surface area contributed by atoms with Crippen LogP contribution in [0.3, 0.4) is 0 Å². The van der Waals surface area contributed by atoms with Gasteiger partial charge in [0.25, 0.3) is 5.56 Å². The Hall–Kier alpha value is -2.44. The van der Waals surface area contributed by atoms with Gasteiger partial charge in [-0.15, -0.1) is 0 Å². The van der Waals surface area contributed by atoms with Crippen LogP contribution in [0.25, 0.3) is 22.1 Å². The Bertz CT molecular complexity index is 766. The molecule has 3 heterocycles. The molecule has 74 valence electrons. The van der Waals surface area contributed by atoms with Gasteiger partial charge >= 0.3 is 5.69 Å². The maximum Gasteiger partial charge on any atom is 0.346 e. The van der Waals surface area contributed by atoms with Crippen molar-refractivity contribution in [3.8, 4) is 0 Å². The van der Waals surface area contributed by atoms with Crippen molar-refractivity contribution in [2.45, 2.75) is 0 Å². The number of H-pyrrole nitrogens is 3. The first-order valence-corrected chi connectivity index (χ1v) is 4.20. The highest BCUT2D eigenvalue weighted by Gasteiger charge is 2.07. The van der Waals surface area contributed by atoms with E-state index in [1.807, 2.05) is 0 Å². The van der Waals surface area contributed by atoms with Crippen LogP contribution in [0.5, 0.6) is 0 Å². The van der Waals surface area contributed by atoms with Crippen molar-refractivity contribution in [3.05, 3.63) is 33.4 Å². The zero-order valence-electron chi connectivity index (χ0n) is 7.37. The monoisotopic (exact) mass is 203 g/mol. The third-order valence-corrected chi connectivity index (χ3v) is 2.17. The molecule has 0 aliphatic heterocycles. The zero-order chi connectivity index (χ0) is 10.4. The molecule has 7 heteroatoms. The summed E-state index contributed by atoms with van der Waals surface area (Å²) in [7, 11) is 0. The third-order valence-electron chi connectivity index (χ3n) is 2.17. The summed E-state index contributed by atoms with van der Waals surface area (Å²) in [6, 6.07) is 0. The van der Waals surface area contributed by atoms with Crippen molar-refractivity contribution in [1.29, 1.82) is 0 Å². The van der Waals surface area contributed by atoms with E-state index in [4.69, 9.17) is 0 Å². The number of hydrogen-bond acceptors (Lipinski definition) is 4. The molecule has 15 heavy (non-hydrogen) atoms. The second kappa shape index (κ2) is 2.53. The van der Waals surface area contributed by atoms with E-state index in [0.717, 1.165) is 0 Å². The van der Waals surface area contributed by atoms with Crippen LogP contribution in [-0.2, 0) is 0 Å². The molecule has 3 rings (SSSR count). The Balaban J connectivity index is 2.72. The Kier molecular flexibility index (Phi) is 1.34. The van der Waals surface area contributed by atoms with Crippen molar-refractivity contribution in [1.82, 2.24) is 24.9 Å². The molecule has 0 aromatic carbocycles. The SMILES string of the molecule is O=c1ncc2c([nH]1)[nH]c(=O)c1[nH]cnc12. The van der Waals surface area contributed by atoms with E-state index < -0.39 is 5.69 Å². The summed E-state index contributed by atoms with van der Waals surface area (Å²) < 4.78 is 0. The smallest absolute Gasteiger partial charge is 0.340 e. The maximum atomic E-state index is 11.5. The van der Waals surface area contributed by atoms with Crippen LogP contribution >= 0.6 is 0 Å². The van der Waals surface area contributed by atoms with Crippen molar-refractivity contribution < 1.29 is 0 Å². The van der Waals surface area contributed by atoms with Crippen LogP contribution in [0.2, 0.25) is 0 Å². The standard InChI is InChI=1S/C8H5N5O2/c14-7-5-4(10-2-11-5)3-1-9-8(15)13-6(3)12-7/h1-2H,(H,10,11)(H2,9,12,13,14,15). The summed E-state index contributed by atoms with van der Waals surface area (Å²) in [5.41, 5.74) is 0.373. The van der Waals surface area contributed by atoms with Gasteiger partial charge in [-0.05, 0) is 0 Å². The molecule has 0 aliphatic rings. The fourth-order valence-corrected chi connectivity index (χ4v) is 1.52. The predicted molar refractivity (Wildman–Crippen MR) is 52.6 cm³/mol. The van der Waals surface area contributed by atoms with Crippen molar-refractivity contribution in [2.75, 3.05) is 0 Å². The fraction of sp³-hybridized carbons (Fsp3) is 0. The van der Waals surface area contributed by atoms with Crippen LogP contribution in [-0.4, -0.2) is 24.9 Å². The molecule has 0 saturated carbocycles. The molecule has 0 aliphatic carbocycles. The van der Waals surface area contributed by atoms with Crippen molar-refractivity contribution in [2.24, 2.45) is 0 Å². The van der Waals surface area contributed by atoms with Crippen LogP contribution in [0.4, 0.5) is 0 Å². The Morgan fingerprint density at radius 1 is 1.13 bits per heavy atom. The Labute approximate surface area is 81.2 Å². The molecular weight excluding hydrogens is 198 g/mol. The summed E-state index contributed by atoms with van der Waals surface area (Å²) in [4.78, 5) is 37.7. The van der Waals surface area contributed by atoms with Crippen molar-refractivity contribution in [3.63, 3.8) is 0 Å². The Morgan fingerprint density at radius 3 is 2.87 bits per heavy atom. The molecule has 3 aromatic rings. The van der Waals surface area contributed by atoms with Gasteiger partial charge < -0.3 is 9.97 Å². The second-order valence-electron chi connectivity index (χ2n) is 3.06. The number of rotatable bonds is 0. The molecule has 0 radical (unpaired) electrons. The zero-order valence-corrected chi connectivity index (χ0v) is 7.37. The van der Waals surface area contributed by atoms with E-state index >= 15 is 0 Å². The first-order valence-electron chi connectivity index (χ1n) is 4.20. The van der Waals surface area contributed by atoms with E-state index in [1.165, 1.54) is 12.5 Å². The molecule has 0 atom stereocenters. The van der Waals surface area contributed by atoms with Gasteiger partial charge in [-0.1, -0.05) is 0 Å². The molecule has 3 aromatic heterocycles. The molecule has 0 fully saturated rings. The number of nitrogens with zero attached hydrogens (tertiary/aromatic N) is 2. The van der Waals surface area contributed by atoms with Gasteiger partial charge in [0.05, 0.1) is 11.7 Å².